The second kappa shape index (κ2) is 7.99. The molecule has 6 nitrogen and oxygen atoms in total. The van der Waals surface area contributed by atoms with Gasteiger partial charge in [0.05, 0.1) is 6.54 Å². The number of aromatic amines is 1. The molecule has 29 heavy (non-hydrogen) atoms. The number of amides is 2. The molecular formula is C23H26N4O2. The van der Waals surface area contributed by atoms with E-state index < -0.39 is 0 Å². The van der Waals surface area contributed by atoms with Gasteiger partial charge in [0.2, 0.25) is 5.91 Å². The molecule has 1 aromatic heterocycles. The fraction of sp³-hybridized carbons (Fsp3) is 0.304. The standard InChI is InChI=1S/C23H26N4O2/c1-16-12-17(2)19-14-21(25-20(19)13-16)23(29)24-15-22(28)27-10-8-26(9-11-27)18-6-4-3-5-7-18/h3-7,12-14,25H,8-11,15H2,1-2H3,(H,24,29). The summed E-state index contributed by atoms with van der Waals surface area (Å²) >= 11 is 0. The first-order chi connectivity index (χ1) is 14.0. The summed E-state index contributed by atoms with van der Waals surface area (Å²) in [6.07, 6.45) is 0. The number of benzene rings is 2. The lowest BCUT2D eigenvalue weighted by Gasteiger charge is -2.36. The van der Waals surface area contributed by atoms with Gasteiger partial charge in [-0.15, -0.1) is 0 Å². The summed E-state index contributed by atoms with van der Waals surface area (Å²) in [4.78, 5) is 32.3. The monoisotopic (exact) mass is 390 g/mol. The van der Waals surface area contributed by atoms with E-state index >= 15 is 0 Å². The first-order valence-electron chi connectivity index (χ1n) is 9.97. The van der Waals surface area contributed by atoms with Gasteiger partial charge in [-0.3, -0.25) is 9.59 Å². The van der Waals surface area contributed by atoms with Crippen molar-refractivity contribution in [2.24, 2.45) is 0 Å². The molecule has 0 unspecified atom stereocenters. The van der Waals surface area contributed by atoms with Gasteiger partial charge in [0.15, 0.2) is 0 Å². The highest BCUT2D eigenvalue weighted by Crippen LogP contribution is 2.21. The Bertz CT molecular complexity index is 1030. The Balaban J connectivity index is 1.32. The summed E-state index contributed by atoms with van der Waals surface area (Å²) in [7, 11) is 0. The Morgan fingerprint density at radius 2 is 1.72 bits per heavy atom. The van der Waals surface area contributed by atoms with Crippen molar-refractivity contribution in [1.82, 2.24) is 15.2 Å². The van der Waals surface area contributed by atoms with Crippen LogP contribution in [0.1, 0.15) is 21.6 Å². The topological polar surface area (TPSA) is 68.4 Å². The summed E-state index contributed by atoms with van der Waals surface area (Å²) in [5.41, 5.74) is 4.87. The van der Waals surface area contributed by atoms with Gasteiger partial charge in [-0.1, -0.05) is 24.3 Å². The van der Waals surface area contributed by atoms with Crippen molar-refractivity contribution in [3.8, 4) is 0 Å². The van der Waals surface area contributed by atoms with Crippen molar-refractivity contribution in [1.29, 1.82) is 0 Å². The van der Waals surface area contributed by atoms with Crippen LogP contribution in [0.25, 0.3) is 10.9 Å². The van der Waals surface area contributed by atoms with Crippen LogP contribution in [0.2, 0.25) is 0 Å². The lowest BCUT2D eigenvalue weighted by atomic mass is 10.1. The van der Waals surface area contributed by atoms with Crippen molar-refractivity contribution >= 4 is 28.4 Å². The first-order valence-corrected chi connectivity index (χ1v) is 9.97. The van der Waals surface area contributed by atoms with Gasteiger partial charge in [-0.2, -0.15) is 0 Å². The Labute approximate surface area is 170 Å². The van der Waals surface area contributed by atoms with Crippen molar-refractivity contribution in [3.63, 3.8) is 0 Å². The van der Waals surface area contributed by atoms with Gasteiger partial charge >= 0.3 is 0 Å². The molecule has 0 atom stereocenters. The third-order valence-electron chi connectivity index (χ3n) is 5.49. The lowest BCUT2D eigenvalue weighted by Crippen LogP contribution is -2.51. The van der Waals surface area contributed by atoms with E-state index in [0.717, 1.165) is 35.1 Å². The smallest absolute Gasteiger partial charge is 0.268 e. The number of H-pyrrole nitrogens is 1. The molecule has 1 fully saturated rings. The van der Waals surface area contributed by atoms with E-state index in [0.29, 0.717) is 18.8 Å². The highest BCUT2D eigenvalue weighted by atomic mass is 16.2. The Hall–Kier alpha value is -3.28. The minimum atomic E-state index is -0.255. The molecule has 1 aliphatic heterocycles. The number of rotatable bonds is 4. The van der Waals surface area contributed by atoms with E-state index in [1.165, 1.54) is 5.69 Å². The van der Waals surface area contributed by atoms with Crippen LogP contribution in [0, 0.1) is 13.8 Å². The van der Waals surface area contributed by atoms with Crippen molar-refractivity contribution in [2.75, 3.05) is 37.6 Å². The van der Waals surface area contributed by atoms with E-state index in [1.54, 1.807) is 0 Å². The number of nitrogens with one attached hydrogen (secondary N) is 2. The van der Waals surface area contributed by atoms with Crippen molar-refractivity contribution in [2.45, 2.75) is 13.8 Å². The predicted molar refractivity (Wildman–Crippen MR) is 115 cm³/mol. The van der Waals surface area contributed by atoms with Crippen LogP contribution < -0.4 is 10.2 Å². The molecule has 0 radical (unpaired) electrons. The number of fused-ring (bicyclic) bond motifs is 1. The van der Waals surface area contributed by atoms with E-state index in [9.17, 15) is 9.59 Å². The number of carbonyl (C=O) groups is 2. The van der Waals surface area contributed by atoms with Gasteiger partial charge in [-0.05, 0) is 49.2 Å². The summed E-state index contributed by atoms with van der Waals surface area (Å²) in [6, 6.07) is 16.2. The van der Waals surface area contributed by atoms with E-state index in [1.807, 2.05) is 49.1 Å². The molecule has 2 aromatic carbocycles. The van der Waals surface area contributed by atoms with Gasteiger partial charge in [0.25, 0.3) is 5.91 Å². The van der Waals surface area contributed by atoms with Gasteiger partial charge in [0, 0.05) is 42.8 Å². The molecule has 3 aromatic rings. The lowest BCUT2D eigenvalue weighted by molar-refractivity contribution is -0.130. The van der Waals surface area contributed by atoms with Crippen LogP contribution in [0.4, 0.5) is 5.69 Å². The molecule has 1 aliphatic rings. The van der Waals surface area contributed by atoms with Crippen molar-refractivity contribution in [3.05, 3.63) is 65.4 Å². The number of anilines is 1. The molecule has 2 N–H and O–H groups in total. The zero-order valence-electron chi connectivity index (χ0n) is 16.9. The fourth-order valence-corrected chi connectivity index (χ4v) is 3.94. The van der Waals surface area contributed by atoms with Crippen LogP contribution in [0.5, 0.6) is 0 Å². The van der Waals surface area contributed by atoms with Gasteiger partial charge < -0.3 is 20.1 Å². The molecule has 0 aliphatic carbocycles. The number of hydrogen-bond donors (Lipinski definition) is 2. The molecule has 6 heteroatoms. The molecule has 0 saturated carbocycles. The molecule has 0 spiro atoms. The molecule has 1 saturated heterocycles. The predicted octanol–water partition coefficient (Wildman–Crippen LogP) is 2.86. The second-order valence-electron chi connectivity index (χ2n) is 7.61. The van der Waals surface area contributed by atoms with E-state index in [-0.39, 0.29) is 18.4 Å². The number of carbonyl (C=O) groups excluding carboxylic acids is 2. The molecular weight excluding hydrogens is 364 g/mol. The molecule has 4 rings (SSSR count). The van der Waals surface area contributed by atoms with Crippen molar-refractivity contribution < 1.29 is 9.59 Å². The highest BCUT2D eigenvalue weighted by Gasteiger charge is 2.22. The number of aromatic nitrogens is 1. The molecule has 2 amide bonds. The van der Waals surface area contributed by atoms with Gasteiger partial charge in [0.1, 0.15) is 5.69 Å². The zero-order chi connectivity index (χ0) is 20.4. The van der Waals surface area contributed by atoms with E-state index in [2.05, 4.69) is 33.4 Å². The number of piperazine rings is 1. The van der Waals surface area contributed by atoms with Gasteiger partial charge in [-0.25, -0.2) is 0 Å². The number of nitrogens with zero attached hydrogens (tertiary/aromatic N) is 2. The quantitative estimate of drug-likeness (QED) is 0.720. The Morgan fingerprint density at radius 3 is 2.45 bits per heavy atom. The summed E-state index contributed by atoms with van der Waals surface area (Å²) < 4.78 is 0. The molecule has 2 heterocycles. The van der Waals surface area contributed by atoms with Crippen LogP contribution >= 0.6 is 0 Å². The summed E-state index contributed by atoms with van der Waals surface area (Å²) in [5, 5.41) is 3.79. The minimum absolute atomic E-state index is 0.0115. The summed E-state index contributed by atoms with van der Waals surface area (Å²) in [6.45, 7) is 6.99. The highest BCUT2D eigenvalue weighted by molar-refractivity contribution is 6.00. The van der Waals surface area contributed by atoms with Crippen LogP contribution in [-0.4, -0.2) is 54.4 Å². The molecule has 0 bridgehead atoms. The average Bonchev–Trinajstić information content (AvgIpc) is 3.17. The normalized spacial score (nSPS) is 14.3. The third kappa shape index (κ3) is 4.11. The minimum Gasteiger partial charge on any atom is -0.368 e. The van der Waals surface area contributed by atoms with Crippen LogP contribution in [0.15, 0.2) is 48.5 Å². The maximum atomic E-state index is 12.5. The van der Waals surface area contributed by atoms with E-state index in [4.69, 9.17) is 0 Å². The molecule has 150 valence electrons. The zero-order valence-corrected chi connectivity index (χ0v) is 16.9. The maximum absolute atomic E-state index is 12.5. The second-order valence-corrected chi connectivity index (χ2v) is 7.61. The fourth-order valence-electron chi connectivity index (χ4n) is 3.94. The third-order valence-corrected chi connectivity index (χ3v) is 5.49. The Kier molecular flexibility index (Phi) is 5.25. The van der Waals surface area contributed by atoms with Crippen LogP contribution in [-0.2, 0) is 4.79 Å². The number of hydrogen-bond acceptors (Lipinski definition) is 3. The Morgan fingerprint density at radius 1 is 1.00 bits per heavy atom. The number of aryl methyl sites for hydroxylation is 2. The maximum Gasteiger partial charge on any atom is 0.268 e. The average molecular weight is 390 g/mol. The summed E-state index contributed by atoms with van der Waals surface area (Å²) in [5.74, 6) is -0.302. The SMILES string of the molecule is Cc1cc(C)c2cc(C(=O)NCC(=O)N3CCN(c4ccccc4)CC3)[nH]c2c1. The number of para-hydroxylation sites is 1. The largest absolute Gasteiger partial charge is 0.368 e. The van der Waals surface area contributed by atoms with Crippen LogP contribution in [0.3, 0.4) is 0 Å². The first kappa shape index (κ1) is 19.1.